The van der Waals surface area contributed by atoms with Gasteiger partial charge in [0.25, 0.3) is 0 Å². The molecule has 0 spiro atoms. The molecule has 8 rings (SSSR count). The Kier molecular flexibility index (Phi) is 6.71. The number of hydrogen-bond donors (Lipinski definition) is 1. The first-order valence-electron chi connectivity index (χ1n) is 15.3. The molecule has 42 heavy (non-hydrogen) atoms. The minimum atomic E-state index is 0.0321. The monoisotopic (exact) mass is 602 g/mol. The minimum absolute atomic E-state index is 0.0321. The van der Waals surface area contributed by atoms with E-state index < -0.39 is 0 Å². The molecule has 4 aromatic rings. The third-order valence-corrected chi connectivity index (χ3v) is 10.9. The van der Waals surface area contributed by atoms with Gasteiger partial charge in [-0.1, -0.05) is 41.9 Å². The predicted molar refractivity (Wildman–Crippen MR) is 170 cm³/mol. The van der Waals surface area contributed by atoms with Gasteiger partial charge in [-0.05, 0) is 63.4 Å². The highest BCUT2D eigenvalue weighted by Crippen LogP contribution is 2.43. The molecule has 4 atom stereocenters. The molecule has 0 radical (unpaired) electrons. The Hall–Kier alpha value is -2.71. The molecule has 1 N–H and O–H groups in total. The van der Waals surface area contributed by atoms with E-state index in [0.717, 1.165) is 88.2 Å². The number of anilines is 1. The standard InChI is InChI=1S/C33H36Cl2N6O/c1-20-29(25-7-2-5-21-6-3-8-27(35)28(21)25)36-16-26-30(20)38-32(39-31(26)40-17-22-9-10-23(18-40)37-22)42-19-33-12-4-14-41(33)24(15-34)11-13-33/h2-3,5-8,16,22-24,37H,4,9-15,17-19H2,1H3. The van der Waals surface area contributed by atoms with Crippen LogP contribution in [0.3, 0.4) is 0 Å². The van der Waals surface area contributed by atoms with Crippen LogP contribution < -0.4 is 15.0 Å². The molecule has 0 amide bonds. The van der Waals surface area contributed by atoms with Gasteiger partial charge < -0.3 is 15.0 Å². The van der Waals surface area contributed by atoms with Crippen LogP contribution in [0.1, 0.15) is 44.1 Å². The van der Waals surface area contributed by atoms with Crippen LogP contribution in [0.2, 0.25) is 5.02 Å². The van der Waals surface area contributed by atoms with Crippen LogP contribution >= 0.6 is 23.2 Å². The summed E-state index contributed by atoms with van der Waals surface area (Å²) < 4.78 is 6.60. The maximum absolute atomic E-state index is 6.74. The zero-order valence-electron chi connectivity index (χ0n) is 24.0. The number of ether oxygens (including phenoxy) is 1. The van der Waals surface area contributed by atoms with Crippen molar-refractivity contribution in [3.8, 4) is 17.3 Å². The maximum Gasteiger partial charge on any atom is 0.319 e. The number of nitrogens with one attached hydrogen (secondary N) is 1. The van der Waals surface area contributed by atoms with Gasteiger partial charge in [-0.15, -0.1) is 11.6 Å². The fraction of sp³-hybridized carbons (Fsp3) is 0.485. The topological polar surface area (TPSA) is 66.4 Å². The molecule has 4 saturated heterocycles. The zero-order valence-corrected chi connectivity index (χ0v) is 25.5. The number of alkyl halides is 1. The SMILES string of the molecule is Cc1c(-c2cccc3cccc(Cl)c23)ncc2c(N3CC4CCC(C3)N4)nc(OCC34CCCN3C(CCl)CC4)nc12. The van der Waals surface area contributed by atoms with E-state index in [-0.39, 0.29) is 5.54 Å². The van der Waals surface area contributed by atoms with Crippen LogP contribution in [-0.4, -0.2) is 75.6 Å². The summed E-state index contributed by atoms with van der Waals surface area (Å²) in [5, 5.41) is 7.55. The number of hydrogen-bond acceptors (Lipinski definition) is 7. The van der Waals surface area contributed by atoms with E-state index in [9.17, 15) is 0 Å². The summed E-state index contributed by atoms with van der Waals surface area (Å²) in [6, 6.07) is 14.2. The van der Waals surface area contributed by atoms with Crippen molar-refractivity contribution >= 4 is 50.7 Å². The highest BCUT2D eigenvalue weighted by atomic mass is 35.5. The highest BCUT2D eigenvalue weighted by Gasteiger charge is 2.49. The van der Waals surface area contributed by atoms with Gasteiger partial charge in [0.2, 0.25) is 0 Å². The van der Waals surface area contributed by atoms with Crippen LogP contribution in [0.5, 0.6) is 6.01 Å². The Bertz CT molecular complexity index is 1660. The van der Waals surface area contributed by atoms with Gasteiger partial charge >= 0.3 is 6.01 Å². The van der Waals surface area contributed by atoms with Gasteiger partial charge in [0, 0.05) is 64.8 Å². The van der Waals surface area contributed by atoms with Gasteiger partial charge in [0.05, 0.1) is 22.1 Å². The Labute approximate surface area is 256 Å². The van der Waals surface area contributed by atoms with E-state index in [1.54, 1.807) is 0 Å². The molecule has 0 aliphatic carbocycles. The van der Waals surface area contributed by atoms with Crippen molar-refractivity contribution in [3.63, 3.8) is 0 Å². The van der Waals surface area contributed by atoms with E-state index in [2.05, 4.69) is 46.3 Å². The molecule has 9 heteroatoms. The van der Waals surface area contributed by atoms with Crippen LogP contribution in [0.25, 0.3) is 32.9 Å². The number of benzene rings is 2. The molecule has 2 bridgehead atoms. The predicted octanol–water partition coefficient (Wildman–Crippen LogP) is 6.36. The van der Waals surface area contributed by atoms with E-state index in [1.165, 1.54) is 19.3 Å². The van der Waals surface area contributed by atoms with Gasteiger partial charge in [-0.3, -0.25) is 9.88 Å². The molecule has 4 unspecified atom stereocenters. The van der Waals surface area contributed by atoms with Gasteiger partial charge in [-0.25, -0.2) is 0 Å². The second-order valence-electron chi connectivity index (χ2n) is 12.7. The van der Waals surface area contributed by atoms with Crippen molar-refractivity contribution in [3.05, 3.63) is 53.2 Å². The Morgan fingerprint density at radius 2 is 1.86 bits per heavy atom. The fourth-order valence-electron chi connectivity index (χ4n) is 8.20. The first-order valence-corrected chi connectivity index (χ1v) is 16.3. The summed E-state index contributed by atoms with van der Waals surface area (Å²) in [4.78, 5) is 20.2. The third kappa shape index (κ3) is 4.35. The second-order valence-corrected chi connectivity index (χ2v) is 13.4. The number of rotatable bonds is 6. The van der Waals surface area contributed by atoms with Crippen molar-refractivity contribution in [2.45, 2.75) is 69.1 Å². The summed E-state index contributed by atoms with van der Waals surface area (Å²) in [6.45, 7) is 5.65. The lowest BCUT2D eigenvalue weighted by Crippen LogP contribution is -2.51. The van der Waals surface area contributed by atoms with Crippen molar-refractivity contribution < 1.29 is 4.74 Å². The van der Waals surface area contributed by atoms with E-state index in [1.807, 2.05) is 18.3 Å². The molecule has 6 heterocycles. The van der Waals surface area contributed by atoms with Crippen molar-refractivity contribution in [2.75, 3.05) is 37.0 Å². The summed E-state index contributed by atoms with van der Waals surface area (Å²) in [5.74, 6) is 1.61. The lowest BCUT2D eigenvalue weighted by molar-refractivity contribution is 0.0896. The fourth-order valence-corrected chi connectivity index (χ4v) is 8.80. The average molecular weight is 604 g/mol. The van der Waals surface area contributed by atoms with Gasteiger partial charge in [0.1, 0.15) is 12.4 Å². The summed E-state index contributed by atoms with van der Waals surface area (Å²) in [5.41, 5.74) is 3.83. The molecular weight excluding hydrogens is 567 g/mol. The number of aromatic nitrogens is 3. The molecular formula is C33H36Cl2N6O. The normalized spacial score (nSPS) is 27.3. The summed E-state index contributed by atoms with van der Waals surface area (Å²) in [6.07, 6.45) is 8.93. The van der Waals surface area contributed by atoms with Crippen LogP contribution in [0, 0.1) is 6.92 Å². The summed E-state index contributed by atoms with van der Waals surface area (Å²) >= 11 is 13.1. The number of aryl methyl sites for hydroxylation is 1. The third-order valence-electron chi connectivity index (χ3n) is 10.2. The van der Waals surface area contributed by atoms with E-state index >= 15 is 0 Å². The van der Waals surface area contributed by atoms with Crippen molar-refractivity contribution in [1.82, 2.24) is 25.2 Å². The average Bonchev–Trinajstić information content (AvgIpc) is 3.68. The van der Waals surface area contributed by atoms with Crippen molar-refractivity contribution in [2.24, 2.45) is 0 Å². The number of halogens is 2. The molecule has 0 saturated carbocycles. The number of pyridine rings is 1. The highest BCUT2D eigenvalue weighted by molar-refractivity contribution is 6.36. The van der Waals surface area contributed by atoms with Crippen LogP contribution in [-0.2, 0) is 0 Å². The molecule has 2 aromatic carbocycles. The summed E-state index contributed by atoms with van der Waals surface area (Å²) in [7, 11) is 0. The Morgan fingerprint density at radius 1 is 1.05 bits per heavy atom. The lowest BCUT2D eigenvalue weighted by atomic mass is 9.95. The Balaban J connectivity index is 1.23. The first kappa shape index (κ1) is 26.9. The molecule has 2 aromatic heterocycles. The van der Waals surface area contributed by atoms with Crippen LogP contribution in [0.4, 0.5) is 5.82 Å². The number of fused-ring (bicyclic) bond motifs is 5. The molecule has 7 nitrogen and oxygen atoms in total. The Morgan fingerprint density at radius 3 is 2.67 bits per heavy atom. The van der Waals surface area contributed by atoms with Gasteiger partial charge in [0.15, 0.2) is 0 Å². The molecule has 4 aliphatic heterocycles. The molecule has 4 aliphatic rings. The quantitative estimate of drug-likeness (QED) is 0.257. The first-order chi connectivity index (χ1) is 20.5. The zero-order chi connectivity index (χ0) is 28.4. The minimum Gasteiger partial charge on any atom is -0.461 e. The number of piperazine rings is 1. The smallest absolute Gasteiger partial charge is 0.319 e. The molecule has 218 valence electrons. The lowest BCUT2D eigenvalue weighted by Gasteiger charge is -2.35. The second kappa shape index (κ2) is 10.5. The van der Waals surface area contributed by atoms with E-state index in [0.29, 0.717) is 36.6 Å². The van der Waals surface area contributed by atoms with Crippen LogP contribution in [0.15, 0.2) is 42.6 Å². The van der Waals surface area contributed by atoms with Crippen molar-refractivity contribution in [1.29, 1.82) is 0 Å². The van der Waals surface area contributed by atoms with Gasteiger partial charge in [-0.2, -0.15) is 9.97 Å². The number of nitrogens with zero attached hydrogens (tertiary/aromatic N) is 5. The van der Waals surface area contributed by atoms with E-state index in [4.69, 9.17) is 42.9 Å². The largest absolute Gasteiger partial charge is 0.461 e. The maximum atomic E-state index is 6.74. The molecule has 4 fully saturated rings.